The highest BCUT2D eigenvalue weighted by Gasteiger charge is 2.16. The van der Waals surface area contributed by atoms with E-state index in [0.29, 0.717) is 6.61 Å². The maximum absolute atomic E-state index is 11.1. The maximum Gasteiger partial charge on any atom is 0.503 e. The van der Waals surface area contributed by atoms with Crippen LogP contribution in [0.5, 0.6) is 0 Å². The summed E-state index contributed by atoms with van der Waals surface area (Å²) in [7, 11) is 0. The number of nitrogens with one attached hydrogen (secondary N) is 2. The fraction of sp³-hybridized carbons (Fsp3) is 0.800. The van der Waals surface area contributed by atoms with Gasteiger partial charge in [-0.15, -0.1) is 0 Å². The monoisotopic (exact) mass is 248 g/mol. The summed E-state index contributed by atoms with van der Waals surface area (Å²) in [4.78, 5) is 19.7. The highest BCUT2D eigenvalue weighted by Crippen LogP contribution is 1.97. The van der Waals surface area contributed by atoms with Crippen LogP contribution >= 0.6 is 0 Å². The molecule has 0 aliphatic carbocycles. The van der Waals surface area contributed by atoms with Gasteiger partial charge in [0.1, 0.15) is 0 Å². The summed E-state index contributed by atoms with van der Waals surface area (Å²) in [6.07, 6.45) is 0.888. The van der Waals surface area contributed by atoms with E-state index in [-0.39, 0.29) is 12.1 Å². The highest BCUT2D eigenvalue weighted by molar-refractivity contribution is 5.67. The standard InChI is InChI=1S/C9H18N2O2.CH2O3/c1-2-3-6-13-9(12)11-8-4-5-10-7-8;2-1(3)4/h8,10H,2-7H2,1H3,(H,11,12);(H2,2,3,4). The van der Waals surface area contributed by atoms with Gasteiger partial charge >= 0.3 is 12.2 Å². The molecule has 7 nitrogen and oxygen atoms in total. The molecule has 17 heavy (non-hydrogen) atoms. The minimum absolute atomic E-state index is 0.258. The number of carbonyl (C=O) groups excluding carboxylic acids is 1. The zero-order valence-corrected chi connectivity index (χ0v) is 9.94. The molecule has 1 amide bonds. The fourth-order valence-electron chi connectivity index (χ4n) is 1.30. The van der Waals surface area contributed by atoms with E-state index in [1.807, 2.05) is 0 Å². The molecule has 0 aromatic carbocycles. The van der Waals surface area contributed by atoms with Gasteiger partial charge < -0.3 is 25.6 Å². The van der Waals surface area contributed by atoms with Crippen LogP contribution in [-0.4, -0.2) is 48.2 Å². The molecule has 100 valence electrons. The number of amides is 1. The molecule has 1 aliphatic rings. The maximum atomic E-state index is 11.1. The van der Waals surface area contributed by atoms with Gasteiger partial charge in [-0.2, -0.15) is 0 Å². The average Bonchev–Trinajstić information content (AvgIpc) is 2.70. The van der Waals surface area contributed by atoms with Crippen LogP contribution in [0.1, 0.15) is 26.2 Å². The predicted octanol–water partition coefficient (Wildman–Crippen LogP) is 1.10. The molecular formula is C10H20N2O5. The topological polar surface area (TPSA) is 108 Å². The number of alkyl carbamates (subject to hydrolysis) is 1. The SMILES string of the molecule is CCCCOC(=O)NC1CCNC1.O=C(O)O. The Bertz CT molecular complexity index is 225. The molecule has 0 bridgehead atoms. The van der Waals surface area contributed by atoms with E-state index in [9.17, 15) is 4.79 Å². The van der Waals surface area contributed by atoms with Crippen molar-refractivity contribution in [3.63, 3.8) is 0 Å². The lowest BCUT2D eigenvalue weighted by molar-refractivity contribution is 0.136. The van der Waals surface area contributed by atoms with Crippen molar-refractivity contribution in [3.05, 3.63) is 0 Å². The minimum atomic E-state index is -1.83. The molecule has 1 aliphatic heterocycles. The molecule has 1 heterocycles. The van der Waals surface area contributed by atoms with Crippen molar-refractivity contribution >= 4 is 12.2 Å². The molecule has 4 N–H and O–H groups in total. The first-order chi connectivity index (χ1) is 8.06. The summed E-state index contributed by atoms with van der Waals surface area (Å²) in [6, 6.07) is 0.258. The van der Waals surface area contributed by atoms with Gasteiger partial charge in [0.15, 0.2) is 0 Å². The molecule has 0 saturated carbocycles. The molecule has 0 spiro atoms. The van der Waals surface area contributed by atoms with Gasteiger partial charge in [0.25, 0.3) is 0 Å². The summed E-state index contributed by atoms with van der Waals surface area (Å²) < 4.78 is 4.97. The number of carboxylic acid groups (broad SMARTS) is 2. The van der Waals surface area contributed by atoms with Gasteiger partial charge in [-0.05, 0) is 19.4 Å². The third-order valence-electron chi connectivity index (χ3n) is 2.11. The number of rotatable bonds is 4. The zero-order chi connectivity index (χ0) is 13.1. The van der Waals surface area contributed by atoms with E-state index < -0.39 is 6.16 Å². The number of unbranched alkanes of at least 4 members (excludes halogenated alkanes) is 1. The van der Waals surface area contributed by atoms with Crippen molar-refractivity contribution in [2.75, 3.05) is 19.7 Å². The van der Waals surface area contributed by atoms with Crippen LogP contribution in [0.25, 0.3) is 0 Å². The van der Waals surface area contributed by atoms with Crippen LogP contribution < -0.4 is 10.6 Å². The van der Waals surface area contributed by atoms with Crippen molar-refractivity contribution in [2.24, 2.45) is 0 Å². The van der Waals surface area contributed by atoms with E-state index in [2.05, 4.69) is 17.6 Å². The molecule has 1 fully saturated rings. The number of ether oxygens (including phenoxy) is 1. The third kappa shape index (κ3) is 10.8. The van der Waals surface area contributed by atoms with E-state index in [4.69, 9.17) is 19.7 Å². The smallest absolute Gasteiger partial charge is 0.450 e. The quantitative estimate of drug-likeness (QED) is 0.555. The molecular weight excluding hydrogens is 228 g/mol. The largest absolute Gasteiger partial charge is 0.503 e. The number of hydrogen-bond acceptors (Lipinski definition) is 4. The molecule has 0 aromatic heterocycles. The molecule has 1 atom stereocenters. The van der Waals surface area contributed by atoms with E-state index in [1.54, 1.807) is 0 Å². The highest BCUT2D eigenvalue weighted by atomic mass is 16.6. The van der Waals surface area contributed by atoms with Gasteiger partial charge in [-0.3, -0.25) is 0 Å². The van der Waals surface area contributed by atoms with E-state index >= 15 is 0 Å². The normalized spacial score (nSPS) is 17.8. The summed E-state index contributed by atoms with van der Waals surface area (Å²) >= 11 is 0. The lowest BCUT2D eigenvalue weighted by Gasteiger charge is -2.11. The Morgan fingerprint density at radius 3 is 2.59 bits per heavy atom. The Morgan fingerprint density at radius 1 is 1.47 bits per heavy atom. The zero-order valence-electron chi connectivity index (χ0n) is 9.94. The van der Waals surface area contributed by atoms with Crippen LogP contribution in [0.2, 0.25) is 0 Å². The van der Waals surface area contributed by atoms with Crippen LogP contribution in [0.4, 0.5) is 9.59 Å². The minimum Gasteiger partial charge on any atom is -0.450 e. The summed E-state index contributed by atoms with van der Waals surface area (Å²) in [5, 5.41) is 19.9. The van der Waals surface area contributed by atoms with Crippen LogP contribution in [0, 0.1) is 0 Å². The van der Waals surface area contributed by atoms with E-state index in [1.165, 1.54) is 0 Å². The van der Waals surface area contributed by atoms with Crippen molar-refractivity contribution in [1.82, 2.24) is 10.6 Å². The molecule has 1 saturated heterocycles. The van der Waals surface area contributed by atoms with Gasteiger partial charge in [-0.1, -0.05) is 13.3 Å². The lowest BCUT2D eigenvalue weighted by atomic mass is 10.3. The summed E-state index contributed by atoms with van der Waals surface area (Å²) in [6.45, 7) is 4.45. The van der Waals surface area contributed by atoms with Crippen LogP contribution in [-0.2, 0) is 4.74 Å². The first kappa shape index (κ1) is 15.5. The lowest BCUT2D eigenvalue weighted by Crippen LogP contribution is -2.36. The number of hydrogen-bond donors (Lipinski definition) is 4. The van der Waals surface area contributed by atoms with Crippen molar-refractivity contribution in [3.8, 4) is 0 Å². The Labute approximate surface area is 100 Å². The first-order valence-electron chi connectivity index (χ1n) is 5.62. The second-order valence-electron chi connectivity index (χ2n) is 3.61. The van der Waals surface area contributed by atoms with Gasteiger partial charge in [-0.25, -0.2) is 9.59 Å². The summed E-state index contributed by atoms with van der Waals surface area (Å²) in [5.41, 5.74) is 0. The Balaban J connectivity index is 0.000000557. The van der Waals surface area contributed by atoms with Crippen molar-refractivity contribution in [1.29, 1.82) is 0 Å². The molecule has 1 unspecified atom stereocenters. The predicted molar refractivity (Wildman–Crippen MR) is 61.3 cm³/mol. The molecule has 0 radical (unpaired) electrons. The average molecular weight is 248 g/mol. The number of carbonyl (C=O) groups is 2. The second-order valence-corrected chi connectivity index (χ2v) is 3.61. The Hall–Kier alpha value is -1.50. The van der Waals surface area contributed by atoms with Gasteiger partial charge in [0, 0.05) is 12.6 Å². The first-order valence-corrected chi connectivity index (χ1v) is 5.62. The summed E-state index contributed by atoms with van der Waals surface area (Å²) in [5.74, 6) is 0. The van der Waals surface area contributed by atoms with Crippen LogP contribution in [0.3, 0.4) is 0 Å². The van der Waals surface area contributed by atoms with Gasteiger partial charge in [0.05, 0.1) is 6.61 Å². The molecule has 0 aromatic rings. The van der Waals surface area contributed by atoms with E-state index in [0.717, 1.165) is 32.4 Å². The Morgan fingerprint density at radius 2 is 2.12 bits per heavy atom. The third-order valence-corrected chi connectivity index (χ3v) is 2.11. The van der Waals surface area contributed by atoms with Crippen molar-refractivity contribution in [2.45, 2.75) is 32.2 Å². The second kappa shape index (κ2) is 9.71. The fourth-order valence-corrected chi connectivity index (χ4v) is 1.30. The van der Waals surface area contributed by atoms with Crippen LogP contribution in [0.15, 0.2) is 0 Å². The molecule has 1 rings (SSSR count). The molecule has 7 heteroatoms. The van der Waals surface area contributed by atoms with Gasteiger partial charge in [0.2, 0.25) is 0 Å². The van der Waals surface area contributed by atoms with Crippen molar-refractivity contribution < 1.29 is 24.5 Å². The Kier molecular flexibility index (Phi) is 8.85.